The quantitative estimate of drug-likeness (QED) is 0.738. The first kappa shape index (κ1) is 15.6. The molecule has 2 fully saturated rings. The standard InChI is InChI=1S/C15H28N2O3/c1-15(2,3)13(18)9-16-14(19)17-11-5-4-6-12-10(11)7-8-20-12/h10-13,18H,4-9H2,1-3H3,(H2,16,17,19). The van der Waals surface area contributed by atoms with Crippen LogP contribution in [0.4, 0.5) is 4.79 Å². The zero-order valence-corrected chi connectivity index (χ0v) is 12.8. The van der Waals surface area contributed by atoms with Crippen molar-refractivity contribution in [2.24, 2.45) is 11.3 Å². The number of nitrogens with one attached hydrogen (secondary N) is 2. The molecule has 5 heteroatoms. The molecule has 1 aliphatic heterocycles. The predicted molar refractivity (Wildman–Crippen MR) is 77.5 cm³/mol. The smallest absolute Gasteiger partial charge is 0.315 e. The third-order valence-corrected chi connectivity index (χ3v) is 4.55. The Hall–Kier alpha value is -0.810. The van der Waals surface area contributed by atoms with Crippen molar-refractivity contribution in [2.45, 2.75) is 64.7 Å². The Bertz CT molecular complexity index is 341. The average Bonchev–Trinajstić information content (AvgIpc) is 2.84. The van der Waals surface area contributed by atoms with Gasteiger partial charge in [0, 0.05) is 25.1 Å². The topological polar surface area (TPSA) is 70.6 Å². The SMILES string of the molecule is CC(C)(C)C(O)CNC(=O)NC1CCCC2OCCC12. The van der Waals surface area contributed by atoms with Crippen LogP contribution in [0.1, 0.15) is 46.5 Å². The molecule has 1 saturated carbocycles. The number of urea groups is 1. The Labute approximate surface area is 121 Å². The van der Waals surface area contributed by atoms with Gasteiger partial charge in [-0.3, -0.25) is 0 Å². The summed E-state index contributed by atoms with van der Waals surface area (Å²) < 4.78 is 5.70. The minimum Gasteiger partial charge on any atom is -0.391 e. The summed E-state index contributed by atoms with van der Waals surface area (Å²) in [5.41, 5.74) is -0.220. The molecule has 1 aliphatic carbocycles. The lowest BCUT2D eigenvalue weighted by atomic mass is 9.82. The molecule has 3 N–H and O–H groups in total. The second kappa shape index (κ2) is 6.31. The van der Waals surface area contributed by atoms with E-state index in [1.54, 1.807) is 0 Å². The second-order valence-corrected chi connectivity index (χ2v) is 7.14. The van der Waals surface area contributed by atoms with E-state index in [4.69, 9.17) is 4.74 Å². The number of carbonyl (C=O) groups is 1. The van der Waals surface area contributed by atoms with Gasteiger partial charge in [-0.2, -0.15) is 0 Å². The Morgan fingerprint density at radius 2 is 2.10 bits per heavy atom. The molecular weight excluding hydrogens is 256 g/mol. The Balaban J connectivity index is 1.76. The van der Waals surface area contributed by atoms with Crippen LogP contribution in [0.15, 0.2) is 0 Å². The second-order valence-electron chi connectivity index (χ2n) is 7.14. The van der Waals surface area contributed by atoms with Gasteiger partial charge in [-0.25, -0.2) is 4.79 Å². The van der Waals surface area contributed by atoms with E-state index in [0.29, 0.717) is 12.0 Å². The van der Waals surface area contributed by atoms with Crippen LogP contribution in [-0.4, -0.2) is 42.5 Å². The molecule has 0 bridgehead atoms. The zero-order valence-electron chi connectivity index (χ0n) is 12.8. The van der Waals surface area contributed by atoms with Crippen LogP contribution in [0.3, 0.4) is 0 Å². The largest absolute Gasteiger partial charge is 0.391 e. The van der Waals surface area contributed by atoms with E-state index >= 15 is 0 Å². The minimum absolute atomic E-state index is 0.175. The number of rotatable bonds is 3. The lowest BCUT2D eigenvalue weighted by Gasteiger charge is -2.33. The maximum atomic E-state index is 12.0. The monoisotopic (exact) mass is 284 g/mol. The first-order chi connectivity index (χ1) is 9.38. The lowest BCUT2D eigenvalue weighted by Crippen LogP contribution is -2.51. The van der Waals surface area contributed by atoms with E-state index < -0.39 is 6.10 Å². The fraction of sp³-hybridized carbons (Fsp3) is 0.933. The Morgan fingerprint density at radius 1 is 1.35 bits per heavy atom. The van der Waals surface area contributed by atoms with Crippen molar-refractivity contribution in [1.82, 2.24) is 10.6 Å². The molecule has 1 heterocycles. The molecule has 5 nitrogen and oxygen atoms in total. The summed E-state index contributed by atoms with van der Waals surface area (Å²) in [7, 11) is 0. The van der Waals surface area contributed by atoms with Gasteiger partial charge in [0.2, 0.25) is 0 Å². The number of ether oxygens (including phenoxy) is 1. The van der Waals surface area contributed by atoms with Gasteiger partial charge in [0.25, 0.3) is 0 Å². The van der Waals surface area contributed by atoms with Gasteiger partial charge in [0.15, 0.2) is 0 Å². The highest BCUT2D eigenvalue weighted by Crippen LogP contribution is 2.34. The van der Waals surface area contributed by atoms with Crippen LogP contribution in [0.2, 0.25) is 0 Å². The normalized spacial score (nSPS) is 31.5. The molecular formula is C15H28N2O3. The third-order valence-electron chi connectivity index (χ3n) is 4.55. The highest BCUT2D eigenvalue weighted by molar-refractivity contribution is 5.74. The van der Waals surface area contributed by atoms with Crippen molar-refractivity contribution in [1.29, 1.82) is 0 Å². The van der Waals surface area contributed by atoms with Crippen LogP contribution in [0.25, 0.3) is 0 Å². The van der Waals surface area contributed by atoms with Crippen LogP contribution < -0.4 is 10.6 Å². The number of carbonyl (C=O) groups excluding carboxylic acids is 1. The van der Waals surface area contributed by atoms with E-state index in [2.05, 4.69) is 10.6 Å². The molecule has 0 spiro atoms. The van der Waals surface area contributed by atoms with Crippen molar-refractivity contribution >= 4 is 6.03 Å². The molecule has 116 valence electrons. The summed E-state index contributed by atoms with van der Waals surface area (Å²) >= 11 is 0. The maximum absolute atomic E-state index is 12.0. The fourth-order valence-corrected chi connectivity index (χ4v) is 3.07. The highest BCUT2D eigenvalue weighted by atomic mass is 16.5. The molecule has 20 heavy (non-hydrogen) atoms. The summed E-state index contributed by atoms with van der Waals surface area (Å²) in [5, 5.41) is 15.8. The summed E-state index contributed by atoms with van der Waals surface area (Å²) in [5.74, 6) is 0.460. The molecule has 0 aromatic carbocycles. The van der Waals surface area contributed by atoms with Gasteiger partial charge < -0.3 is 20.5 Å². The van der Waals surface area contributed by atoms with Crippen molar-refractivity contribution < 1.29 is 14.6 Å². The van der Waals surface area contributed by atoms with Gasteiger partial charge in [0.05, 0.1) is 12.2 Å². The molecule has 2 aliphatic rings. The average molecular weight is 284 g/mol. The number of hydrogen-bond acceptors (Lipinski definition) is 3. The van der Waals surface area contributed by atoms with Crippen LogP contribution in [-0.2, 0) is 4.74 Å². The van der Waals surface area contributed by atoms with Crippen LogP contribution in [0.5, 0.6) is 0 Å². The van der Waals surface area contributed by atoms with Crippen molar-refractivity contribution in [3.63, 3.8) is 0 Å². The molecule has 0 aromatic heterocycles. The number of amides is 2. The van der Waals surface area contributed by atoms with E-state index in [0.717, 1.165) is 32.3 Å². The number of hydrogen-bond donors (Lipinski definition) is 3. The molecule has 4 atom stereocenters. The highest BCUT2D eigenvalue weighted by Gasteiger charge is 2.38. The first-order valence-corrected chi connectivity index (χ1v) is 7.72. The van der Waals surface area contributed by atoms with Crippen molar-refractivity contribution in [2.75, 3.05) is 13.2 Å². The molecule has 2 amide bonds. The van der Waals surface area contributed by atoms with E-state index in [-0.39, 0.29) is 24.0 Å². The molecule has 2 rings (SSSR count). The minimum atomic E-state index is -0.540. The van der Waals surface area contributed by atoms with Crippen LogP contribution in [0, 0.1) is 11.3 Å². The van der Waals surface area contributed by atoms with Gasteiger partial charge >= 0.3 is 6.03 Å². The lowest BCUT2D eigenvalue weighted by molar-refractivity contribution is 0.0534. The van der Waals surface area contributed by atoms with Gasteiger partial charge in [-0.1, -0.05) is 20.8 Å². The molecule has 0 radical (unpaired) electrons. The molecule has 1 saturated heterocycles. The number of aliphatic hydroxyl groups excluding tert-OH is 1. The van der Waals surface area contributed by atoms with Gasteiger partial charge in [0.1, 0.15) is 0 Å². The fourth-order valence-electron chi connectivity index (χ4n) is 3.07. The zero-order chi connectivity index (χ0) is 14.8. The number of fused-ring (bicyclic) bond motifs is 1. The maximum Gasteiger partial charge on any atom is 0.315 e. The van der Waals surface area contributed by atoms with Crippen molar-refractivity contribution in [3.05, 3.63) is 0 Å². The molecule has 0 aromatic rings. The van der Waals surface area contributed by atoms with E-state index in [1.807, 2.05) is 20.8 Å². The molecule has 4 unspecified atom stereocenters. The Kier molecular flexibility index (Phi) is 4.91. The summed E-state index contributed by atoms with van der Waals surface area (Å²) in [6.07, 6.45) is 4.08. The van der Waals surface area contributed by atoms with E-state index in [9.17, 15) is 9.90 Å². The third kappa shape index (κ3) is 3.85. The van der Waals surface area contributed by atoms with E-state index in [1.165, 1.54) is 0 Å². The van der Waals surface area contributed by atoms with Crippen LogP contribution >= 0.6 is 0 Å². The predicted octanol–water partition coefficient (Wildman–Crippen LogP) is 1.65. The summed E-state index contributed by atoms with van der Waals surface area (Å²) in [6, 6.07) is 0.0360. The summed E-state index contributed by atoms with van der Waals surface area (Å²) in [4.78, 5) is 12.0. The first-order valence-electron chi connectivity index (χ1n) is 7.72. The Morgan fingerprint density at radius 3 is 2.80 bits per heavy atom. The van der Waals surface area contributed by atoms with Gasteiger partial charge in [-0.05, 0) is 31.1 Å². The van der Waals surface area contributed by atoms with Crippen molar-refractivity contribution in [3.8, 4) is 0 Å². The summed E-state index contributed by atoms with van der Waals surface area (Å²) in [6.45, 7) is 6.97. The number of aliphatic hydroxyl groups is 1. The van der Waals surface area contributed by atoms with Gasteiger partial charge in [-0.15, -0.1) is 0 Å².